The zero-order valence-corrected chi connectivity index (χ0v) is 15.0. The molecule has 0 saturated carbocycles. The van der Waals surface area contributed by atoms with Gasteiger partial charge in [-0.25, -0.2) is 9.18 Å². The monoisotopic (exact) mass is 386 g/mol. The van der Waals surface area contributed by atoms with Gasteiger partial charge >= 0.3 is 5.97 Å². The highest BCUT2D eigenvalue weighted by molar-refractivity contribution is 5.95. The maximum atomic E-state index is 13.5. The first-order valence-electron chi connectivity index (χ1n) is 8.77. The van der Waals surface area contributed by atoms with Gasteiger partial charge in [-0.15, -0.1) is 0 Å². The first-order valence-corrected chi connectivity index (χ1v) is 8.77. The molecular weight excluding hydrogens is 367 g/mol. The van der Waals surface area contributed by atoms with Gasteiger partial charge in [0.1, 0.15) is 11.6 Å². The summed E-state index contributed by atoms with van der Waals surface area (Å²) >= 11 is 0. The summed E-state index contributed by atoms with van der Waals surface area (Å²) in [6.45, 7) is -0.947. The highest BCUT2D eigenvalue weighted by Gasteiger charge is 2.14. The number of carbonyl (C=O) groups is 3. The van der Waals surface area contributed by atoms with Crippen LogP contribution in [0.2, 0.25) is 0 Å². The van der Waals surface area contributed by atoms with Crippen molar-refractivity contribution in [3.05, 3.63) is 65.0 Å². The number of benzene rings is 2. The molecule has 0 bridgehead atoms. The fraction of sp³-hybridized carbons (Fsp3) is 0.250. The van der Waals surface area contributed by atoms with Crippen molar-refractivity contribution in [2.45, 2.75) is 19.3 Å². The Morgan fingerprint density at radius 2 is 1.75 bits per heavy atom. The number of hydrogen-bond donors (Lipinski definition) is 2. The van der Waals surface area contributed by atoms with Gasteiger partial charge in [0.25, 0.3) is 11.8 Å². The Balaban J connectivity index is 1.36. The van der Waals surface area contributed by atoms with Crippen LogP contribution in [-0.4, -0.2) is 31.0 Å². The summed E-state index contributed by atoms with van der Waals surface area (Å²) < 4.78 is 23.6. The van der Waals surface area contributed by atoms with E-state index in [4.69, 9.17) is 9.47 Å². The van der Waals surface area contributed by atoms with Crippen molar-refractivity contribution in [3.63, 3.8) is 0 Å². The molecule has 0 saturated heterocycles. The highest BCUT2D eigenvalue weighted by atomic mass is 19.1. The summed E-state index contributed by atoms with van der Waals surface area (Å²) in [6.07, 6.45) is 3.17. The van der Waals surface area contributed by atoms with Gasteiger partial charge in [-0.2, -0.15) is 0 Å². The Kier molecular flexibility index (Phi) is 6.21. The topological polar surface area (TPSA) is 93.7 Å². The summed E-state index contributed by atoms with van der Waals surface area (Å²) in [7, 11) is 0. The molecule has 0 fully saturated rings. The second kappa shape index (κ2) is 8.98. The van der Waals surface area contributed by atoms with Crippen LogP contribution in [0, 0.1) is 5.82 Å². The molecule has 0 atom stereocenters. The summed E-state index contributed by atoms with van der Waals surface area (Å²) in [5, 5.41) is 0. The van der Waals surface area contributed by atoms with Gasteiger partial charge in [-0.05, 0) is 54.7 Å². The van der Waals surface area contributed by atoms with Crippen molar-refractivity contribution in [3.8, 4) is 5.75 Å². The molecule has 1 aliphatic carbocycles. The standard InChI is InChI=1S/C20H19FN2O5/c21-17-7-2-1-6-16(17)20(26)23-22-18(24)11-28-19(25)12-27-15-9-8-13-4-3-5-14(13)10-15/h1-2,6-10H,3-5,11-12H2,(H,22,24)(H,23,26). The number of carbonyl (C=O) groups excluding carboxylic acids is 3. The minimum Gasteiger partial charge on any atom is -0.482 e. The number of halogens is 1. The first-order chi connectivity index (χ1) is 13.5. The van der Waals surface area contributed by atoms with E-state index in [1.165, 1.54) is 29.3 Å². The molecule has 2 aromatic rings. The van der Waals surface area contributed by atoms with Crippen molar-refractivity contribution in [2.24, 2.45) is 0 Å². The van der Waals surface area contributed by atoms with Crippen molar-refractivity contribution in [2.75, 3.05) is 13.2 Å². The van der Waals surface area contributed by atoms with E-state index in [1.54, 1.807) is 6.07 Å². The first kappa shape index (κ1) is 19.3. The third-order valence-electron chi connectivity index (χ3n) is 4.22. The third-order valence-corrected chi connectivity index (χ3v) is 4.22. The van der Waals surface area contributed by atoms with Gasteiger partial charge in [0, 0.05) is 0 Å². The molecule has 8 heteroatoms. The predicted octanol–water partition coefficient (Wildman–Crippen LogP) is 1.70. The Labute approximate surface area is 160 Å². The van der Waals surface area contributed by atoms with Crippen LogP contribution in [0.5, 0.6) is 5.75 Å². The molecule has 3 rings (SSSR count). The lowest BCUT2D eigenvalue weighted by molar-refractivity contribution is -0.150. The maximum absolute atomic E-state index is 13.5. The SMILES string of the molecule is O=C(COC(=O)COc1ccc2c(c1)CCC2)NNC(=O)c1ccccc1F. The quantitative estimate of drug-likeness (QED) is 0.582. The minimum absolute atomic E-state index is 0.220. The molecule has 0 unspecified atom stereocenters. The fourth-order valence-corrected chi connectivity index (χ4v) is 2.84. The lowest BCUT2D eigenvalue weighted by Gasteiger charge is -2.10. The van der Waals surface area contributed by atoms with E-state index in [2.05, 4.69) is 0 Å². The molecule has 2 amide bonds. The fourth-order valence-electron chi connectivity index (χ4n) is 2.84. The molecule has 0 spiro atoms. The smallest absolute Gasteiger partial charge is 0.344 e. The zero-order valence-electron chi connectivity index (χ0n) is 15.0. The second-order valence-corrected chi connectivity index (χ2v) is 6.22. The van der Waals surface area contributed by atoms with E-state index < -0.39 is 30.2 Å². The lowest BCUT2D eigenvalue weighted by atomic mass is 10.1. The molecule has 7 nitrogen and oxygen atoms in total. The van der Waals surface area contributed by atoms with Crippen LogP contribution < -0.4 is 15.6 Å². The lowest BCUT2D eigenvalue weighted by Crippen LogP contribution is -2.44. The largest absolute Gasteiger partial charge is 0.482 e. The van der Waals surface area contributed by atoms with Gasteiger partial charge in [0.15, 0.2) is 13.2 Å². The molecule has 1 aliphatic rings. The minimum atomic E-state index is -0.822. The zero-order chi connectivity index (χ0) is 19.9. The van der Waals surface area contributed by atoms with E-state index in [-0.39, 0.29) is 12.2 Å². The number of aryl methyl sites for hydroxylation is 2. The summed E-state index contributed by atoms with van der Waals surface area (Å²) in [4.78, 5) is 35.1. The van der Waals surface area contributed by atoms with E-state index in [0.29, 0.717) is 5.75 Å². The Morgan fingerprint density at radius 1 is 0.964 bits per heavy atom. The molecule has 28 heavy (non-hydrogen) atoms. The Morgan fingerprint density at radius 3 is 2.57 bits per heavy atom. The summed E-state index contributed by atoms with van der Waals surface area (Å²) in [5.41, 5.74) is 6.38. The van der Waals surface area contributed by atoms with Crippen molar-refractivity contribution in [1.29, 1.82) is 0 Å². The summed E-state index contributed by atoms with van der Waals surface area (Å²) in [6, 6.07) is 11.0. The molecule has 0 aromatic heterocycles. The number of rotatable bonds is 6. The highest BCUT2D eigenvalue weighted by Crippen LogP contribution is 2.25. The normalized spacial score (nSPS) is 12.0. The number of nitrogens with one attached hydrogen (secondary N) is 2. The van der Waals surface area contributed by atoms with Crippen LogP contribution in [0.25, 0.3) is 0 Å². The van der Waals surface area contributed by atoms with Gasteiger partial charge in [0.05, 0.1) is 5.56 Å². The predicted molar refractivity (Wildman–Crippen MR) is 96.9 cm³/mol. The molecule has 0 radical (unpaired) electrons. The van der Waals surface area contributed by atoms with Crippen LogP contribution >= 0.6 is 0 Å². The van der Waals surface area contributed by atoms with Crippen LogP contribution in [0.1, 0.15) is 27.9 Å². The van der Waals surface area contributed by atoms with Crippen molar-refractivity contribution >= 4 is 17.8 Å². The average Bonchev–Trinajstić information content (AvgIpc) is 3.17. The van der Waals surface area contributed by atoms with Gasteiger partial charge in [-0.1, -0.05) is 18.2 Å². The average molecular weight is 386 g/mol. The number of hydrazine groups is 1. The number of ether oxygens (including phenoxy) is 2. The van der Waals surface area contributed by atoms with Gasteiger partial charge in [-0.3, -0.25) is 20.4 Å². The maximum Gasteiger partial charge on any atom is 0.344 e. The Hall–Kier alpha value is -3.42. The number of hydrogen-bond acceptors (Lipinski definition) is 5. The number of amides is 2. The molecule has 0 aliphatic heterocycles. The molecule has 2 N–H and O–H groups in total. The molecule has 2 aromatic carbocycles. The third kappa shape index (κ3) is 5.06. The van der Waals surface area contributed by atoms with E-state index in [0.717, 1.165) is 25.3 Å². The van der Waals surface area contributed by atoms with Gasteiger partial charge < -0.3 is 9.47 Å². The van der Waals surface area contributed by atoms with E-state index >= 15 is 0 Å². The molecule has 0 heterocycles. The van der Waals surface area contributed by atoms with Crippen molar-refractivity contribution < 1.29 is 28.2 Å². The Bertz CT molecular complexity index is 900. The number of fused-ring (bicyclic) bond motifs is 1. The van der Waals surface area contributed by atoms with Crippen LogP contribution in [0.4, 0.5) is 4.39 Å². The van der Waals surface area contributed by atoms with E-state index in [1.807, 2.05) is 23.0 Å². The number of esters is 1. The summed E-state index contributed by atoms with van der Waals surface area (Å²) in [5.74, 6) is -2.46. The van der Waals surface area contributed by atoms with Gasteiger partial charge in [0.2, 0.25) is 0 Å². The van der Waals surface area contributed by atoms with Crippen molar-refractivity contribution in [1.82, 2.24) is 10.9 Å². The molecular formula is C20H19FN2O5. The van der Waals surface area contributed by atoms with Crippen LogP contribution in [0.3, 0.4) is 0 Å². The van der Waals surface area contributed by atoms with Crippen LogP contribution in [0.15, 0.2) is 42.5 Å². The second-order valence-electron chi connectivity index (χ2n) is 6.22. The van der Waals surface area contributed by atoms with Crippen LogP contribution in [-0.2, 0) is 27.2 Å². The molecule has 146 valence electrons. The van der Waals surface area contributed by atoms with E-state index in [9.17, 15) is 18.8 Å².